The molecule has 37 heavy (non-hydrogen) atoms. The zero-order valence-corrected chi connectivity index (χ0v) is 21.8. The summed E-state index contributed by atoms with van der Waals surface area (Å²) in [6.45, 7) is 0.219. The van der Waals surface area contributed by atoms with Gasteiger partial charge in [0.05, 0.1) is 32.0 Å². The van der Waals surface area contributed by atoms with Gasteiger partial charge < -0.3 is 14.4 Å². The summed E-state index contributed by atoms with van der Waals surface area (Å²) in [6.07, 6.45) is 3.39. The molecule has 6 rings (SSSR count). The lowest BCUT2D eigenvalue weighted by Gasteiger charge is -2.12. The Hall–Kier alpha value is -3.13. The van der Waals surface area contributed by atoms with Crippen LogP contribution in [0.2, 0.25) is 10.0 Å². The number of carboxylic acids is 1. The van der Waals surface area contributed by atoms with Crippen LogP contribution in [-0.2, 0) is 30.2 Å². The lowest BCUT2D eigenvalue weighted by Crippen LogP contribution is -2.02. The fourth-order valence-electron chi connectivity index (χ4n) is 4.68. The van der Waals surface area contributed by atoms with Gasteiger partial charge in [-0.2, -0.15) is 0 Å². The molecule has 1 saturated carbocycles. The molecule has 9 heteroatoms. The molecule has 2 aliphatic rings. The number of ether oxygens (including phenoxy) is 1. The molecule has 0 bridgehead atoms. The third-order valence-electron chi connectivity index (χ3n) is 6.76. The van der Waals surface area contributed by atoms with Crippen LogP contribution in [0.3, 0.4) is 0 Å². The third kappa shape index (κ3) is 4.56. The lowest BCUT2D eigenvalue weighted by atomic mass is 10.0. The molecular weight excluding hydrogens is 533 g/mol. The number of aromatic carboxylic acids is 1. The number of fused-ring (bicyclic) bond motifs is 2. The summed E-state index contributed by atoms with van der Waals surface area (Å²) in [6, 6.07) is 15.6. The van der Waals surface area contributed by atoms with Crippen LogP contribution in [0.1, 0.15) is 51.6 Å². The highest BCUT2D eigenvalue weighted by molar-refractivity contribution is 7.85. The minimum Gasteiger partial charge on any atom is -0.489 e. The molecular formula is C28H21Cl2NO5S. The van der Waals surface area contributed by atoms with E-state index in [0.717, 1.165) is 35.3 Å². The van der Waals surface area contributed by atoms with E-state index in [0.29, 0.717) is 55.6 Å². The van der Waals surface area contributed by atoms with E-state index < -0.39 is 16.8 Å². The molecule has 0 spiro atoms. The van der Waals surface area contributed by atoms with Gasteiger partial charge in [-0.05, 0) is 79.3 Å². The van der Waals surface area contributed by atoms with Gasteiger partial charge in [0.1, 0.15) is 23.8 Å². The Balaban J connectivity index is 1.30. The van der Waals surface area contributed by atoms with E-state index in [2.05, 4.69) is 5.16 Å². The van der Waals surface area contributed by atoms with Crippen molar-refractivity contribution in [3.05, 3.63) is 92.7 Å². The van der Waals surface area contributed by atoms with E-state index in [1.54, 1.807) is 42.5 Å². The molecule has 0 amide bonds. The number of aryl methyl sites for hydroxylation is 2. The summed E-state index contributed by atoms with van der Waals surface area (Å²) < 4.78 is 25.3. The van der Waals surface area contributed by atoms with Gasteiger partial charge in [0.2, 0.25) is 0 Å². The maximum Gasteiger partial charge on any atom is 0.335 e. The summed E-state index contributed by atoms with van der Waals surface area (Å²) in [7, 11) is -1.48. The monoisotopic (exact) mass is 553 g/mol. The molecule has 6 nitrogen and oxygen atoms in total. The van der Waals surface area contributed by atoms with Gasteiger partial charge in [-0.3, -0.25) is 0 Å². The molecule has 1 N–H and O–H groups in total. The van der Waals surface area contributed by atoms with E-state index in [9.17, 15) is 14.1 Å². The fourth-order valence-corrected chi connectivity index (χ4v) is 6.73. The number of hydrogen-bond donors (Lipinski definition) is 1. The summed E-state index contributed by atoms with van der Waals surface area (Å²) >= 11 is 12.9. The number of nitrogens with zero attached hydrogens (tertiary/aromatic N) is 1. The minimum atomic E-state index is -1.48. The second-order valence-electron chi connectivity index (χ2n) is 9.20. The molecule has 188 valence electrons. The first-order valence-corrected chi connectivity index (χ1v) is 13.8. The molecule has 1 atom stereocenters. The average molecular weight is 554 g/mol. The van der Waals surface area contributed by atoms with E-state index >= 15 is 0 Å². The van der Waals surface area contributed by atoms with E-state index in [4.69, 9.17) is 32.5 Å². The number of carboxylic acid groups (broad SMARTS) is 1. The highest BCUT2D eigenvalue weighted by Gasteiger charge is 2.34. The highest BCUT2D eigenvalue weighted by atomic mass is 35.5. The van der Waals surface area contributed by atoms with E-state index in [1.807, 2.05) is 6.07 Å². The molecule has 1 unspecified atom stereocenters. The van der Waals surface area contributed by atoms with Crippen molar-refractivity contribution in [3.63, 3.8) is 0 Å². The number of aromatic nitrogens is 1. The molecule has 2 heterocycles. The summed E-state index contributed by atoms with van der Waals surface area (Å²) in [5.74, 6) is 0.702. The predicted molar refractivity (Wildman–Crippen MR) is 140 cm³/mol. The van der Waals surface area contributed by atoms with Crippen molar-refractivity contribution in [2.75, 3.05) is 0 Å². The quantitative estimate of drug-likeness (QED) is 0.274. The van der Waals surface area contributed by atoms with E-state index in [1.165, 1.54) is 6.07 Å². The fraction of sp³-hybridized carbons (Fsp3) is 0.214. The Morgan fingerprint density at radius 3 is 2.51 bits per heavy atom. The molecule has 1 aliphatic carbocycles. The molecule has 3 aromatic carbocycles. The van der Waals surface area contributed by atoms with Gasteiger partial charge in [-0.25, -0.2) is 9.00 Å². The van der Waals surface area contributed by atoms with Gasteiger partial charge in [-0.1, -0.05) is 40.5 Å². The molecule has 0 radical (unpaired) electrons. The smallest absolute Gasteiger partial charge is 0.335 e. The van der Waals surface area contributed by atoms with Crippen LogP contribution < -0.4 is 4.74 Å². The van der Waals surface area contributed by atoms with Crippen molar-refractivity contribution in [1.82, 2.24) is 5.16 Å². The number of hydrogen-bond acceptors (Lipinski definition) is 5. The second kappa shape index (κ2) is 9.63. The molecule has 1 fully saturated rings. The van der Waals surface area contributed by atoms with E-state index in [-0.39, 0.29) is 12.2 Å². The van der Waals surface area contributed by atoms with Crippen molar-refractivity contribution in [3.8, 4) is 17.0 Å². The van der Waals surface area contributed by atoms with Crippen LogP contribution in [0.25, 0.3) is 11.3 Å². The molecule has 1 aromatic heterocycles. The zero-order valence-electron chi connectivity index (χ0n) is 19.5. The van der Waals surface area contributed by atoms with Gasteiger partial charge in [0.25, 0.3) is 0 Å². The minimum absolute atomic E-state index is 0.130. The molecule has 0 saturated heterocycles. The van der Waals surface area contributed by atoms with Crippen LogP contribution in [0, 0.1) is 0 Å². The van der Waals surface area contributed by atoms with Crippen LogP contribution in [0.5, 0.6) is 5.75 Å². The standard InChI is InChI=1S/C28H21Cl2NO5S/c29-21-2-1-3-22(30)25(21)26-20(27(36-31-26)16-6-7-16)14-35-19-10-11-23-17(12-19)8-4-15-5-9-18(28(32)33)13-24(15)37(23)34/h1-3,5,9-13,16H,4,6-8,14H2,(H,32,33). The Morgan fingerprint density at radius 2 is 1.78 bits per heavy atom. The van der Waals surface area contributed by atoms with Crippen molar-refractivity contribution >= 4 is 40.0 Å². The van der Waals surface area contributed by atoms with Gasteiger partial charge in [0.15, 0.2) is 0 Å². The molecule has 1 aliphatic heterocycles. The van der Waals surface area contributed by atoms with Crippen LogP contribution in [-0.4, -0.2) is 20.4 Å². The molecule has 4 aromatic rings. The van der Waals surface area contributed by atoms with Crippen molar-refractivity contribution in [2.45, 2.75) is 48.0 Å². The second-order valence-corrected chi connectivity index (χ2v) is 11.4. The summed E-state index contributed by atoms with van der Waals surface area (Å²) in [4.78, 5) is 12.6. The normalized spacial score (nSPS) is 16.5. The number of rotatable bonds is 6. The van der Waals surface area contributed by atoms with Crippen molar-refractivity contribution in [2.24, 2.45) is 0 Å². The summed E-state index contributed by atoms with van der Waals surface area (Å²) in [5.41, 5.74) is 3.96. The maximum absolute atomic E-state index is 13.4. The number of halogens is 2. The van der Waals surface area contributed by atoms with Crippen LogP contribution in [0.4, 0.5) is 0 Å². The Morgan fingerprint density at radius 1 is 1.03 bits per heavy atom. The maximum atomic E-state index is 13.4. The topological polar surface area (TPSA) is 89.6 Å². The lowest BCUT2D eigenvalue weighted by molar-refractivity contribution is 0.0696. The van der Waals surface area contributed by atoms with Gasteiger partial charge >= 0.3 is 5.97 Å². The Bertz CT molecular complexity index is 1560. The SMILES string of the molecule is O=C(O)c1ccc2c(c1)S(=O)c1ccc(OCc3c(-c4c(Cl)cccc4Cl)noc3C3CC3)cc1CC2. The number of benzene rings is 3. The van der Waals surface area contributed by atoms with Crippen LogP contribution in [0.15, 0.2) is 68.9 Å². The largest absolute Gasteiger partial charge is 0.489 e. The van der Waals surface area contributed by atoms with Gasteiger partial charge in [0, 0.05) is 21.3 Å². The van der Waals surface area contributed by atoms with Crippen molar-refractivity contribution in [1.29, 1.82) is 0 Å². The zero-order chi connectivity index (χ0) is 25.7. The summed E-state index contributed by atoms with van der Waals surface area (Å²) in [5, 5.41) is 14.6. The highest BCUT2D eigenvalue weighted by Crippen LogP contribution is 2.46. The predicted octanol–water partition coefficient (Wildman–Crippen LogP) is 7.07. The first-order chi connectivity index (χ1) is 17.9. The third-order valence-corrected chi connectivity index (χ3v) is 8.97. The average Bonchev–Trinajstić information content (AvgIpc) is 3.67. The van der Waals surface area contributed by atoms with Crippen LogP contribution >= 0.6 is 23.2 Å². The number of carbonyl (C=O) groups is 1. The first-order valence-electron chi connectivity index (χ1n) is 11.9. The Labute approximate surface area is 225 Å². The Kier molecular flexibility index (Phi) is 6.31. The van der Waals surface area contributed by atoms with Gasteiger partial charge in [-0.15, -0.1) is 0 Å². The first kappa shape index (κ1) is 24.2. The van der Waals surface area contributed by atoms with Crippen molar-refractivity contribution < 1.29 is 23.4 Å².